The van der Waals surface area contributed by atoms with Crippen LogP contribution >= 0.6 is 0 Å². The van der Waals surface area contributed by atoms with E-state index in [1.165, 1.54) is 26.2 Å². The van der Waals surface area contributed by atoms with Crippen LogP contribution in [0.15, 0.2) is 18.2 Å². The molecule has 9 rings (SSSR count). The average Bonchev–Trinajstić information content (AvgIpc) is 3.41. The number of aliphatic hydroxyl groups is 2. The molecule has 1 unspecified atom stereocenters. The van der Waals surface area contributed by atoms with Crippen molar-refractivity contribution in [2.75, 3.05) is 32.8 Å². The maximum absolute atomic E-state index is 13.7. The van der Waals surface area contributed by atoms with Gasteiger partial charge in [-0.25, -0.2) is 9.59 Å². The lowest BCUT2D eigenvalue weighted by Gasteiger charge is -2.78. The molecule has 8 aliphatic rings. The van der Waals surface area contributed by atoms with E-state index >= 15 is 0 Å². The van der Waals surface area contributed by atoms with E-state index in [1.807, 2.05) is 12.1 Å². The number of rotatable bonds is 2. The Bertz CT molecular complexity index is 1140. The zero-order valence-electron chi connectivity index (χ0n) is 19.3. The summed E-state index contributed by atoms with van der Waals surface area (Å²) in [6.45, 7) is 0.654. The first-order valence-corrected chi connectivity index (χ1v) is 11.8. The van der Waals surface area contributed by atoms with Crippen LogP contribution < -0.4 is 9.64 Å². The molecule has 10 nitrogen and oxygen atoms in total. The molecule has 1 aromatic rings. The monoisotopic (exact) mass is 472 g/mol. The summed E-state index contributed by atoms with van der Waals surface area (Å²) in [5.41, 5.74) is -4.09. The fourth-order valence-corrected chi connectivity index (χ4v) is 9.34. The van der Waals surface area contributed by atoms with Gasteiger partial charge in [0.2, 0.25) is 5.60 Å². The number of hydrogen-bond acceptors (Lipinski definition) is 9. The molecule has 3 spiro atoms. The molecule has 8 atom stereocenters. The molecule has 182 valence electrons. The van der Waals surface area contributed by atoms with Crippen molar-refractivity contribution in [3.8, 4) is 5.75 Å². The molecular weight excluding hydrogens is 444 g/mol. The zero-order valence-corrected chi connectivity index (χ0v) is 19.3. The Labute approximate surface area is 196 Å². The number of amides is 1. The second-order valence-electron chi connectivity index (χ2n) is 10.5. The van der Waals surface area contributed by atoms with Crippen LogP contribution in [-0.2, 0) is 24.4 Å². The Hall–Kier alpha value is -2.40. The van der Waals surface area contributed by atoms with Gasteiger partial charge in [-0.1, -0.05) is 12.1 Å². The minimum absolute atomic E-state index is 0.230. The number of hydrogen-bond donors (Lipinski definition) is 2. The van der Waals surface area contributed by atoms with Gasteiger partial charge in [0, 0.05) is 29.8 Å². The summed E-state index contributed by atoms with van der Waals surface area (Å²) in [7, 11) is 4.04. The van der Waals surface area contributed by atoms with Crippen molar-refractivity contribution < 1.29 is 38.7 Å². The predicted octanol–water partition coefficient (Wildman–Crippen LogP) is 0.520. The maximum Gasteiger partial charge on any atom is 0.414 e. The van der Waals surface area contributed by atoms with Crippen LogP contribution in [0.25, 0.3) is 0 Å². The molecule has 34 heavy (non-hydrogen) atoms. The van der Waals surface area contributed by atoms with Gasteiger partial charge in [0.25, 0.3) is 0 Å². The van der Waals surface area contributed by atoms with Crippen molar-refractivity contribution in [3.05, 3.63) is 23.8 Å². The quantitative estimate of drug-likeness (QED) is 0.594. The molecular formula is C24H28N2O8. The van der Waals surface area contributed by atoms with E-state index in [4.69, 9.17) is 18.9 Å². The van der Waals surface area contributed by atoms with Crippen LogP contribution in [0.2, 0.25) is 0 Å². The van der Waals surface area contributed by atoms with E-state index in [0.29, 0.717) is 37.2 Å². The number of benzene rings is 1. The Balaban J connectivity index is 1.65. The van der Waals surface area contributed by atoms with E-state index in [9.17, 15) is 19.8 Å². The lowest BCUT2D eigenvalue weighted by Crippen LogP contribution is -2.95. The maximum atomic E-state index is 13.7. The van der Waals surface area contributed by atoms with Crippen LogP contribution in [0.4, 0.5) is 10.5 Å². The molecule has 3 saturated carbocycles. The Morgan fingerprint density at radius 2 is 1.94 bits per heavy atom. The van der Waals surface area contributed by atoms with Gasteiger partial charge in [-0.05, 0) is 30.9 Å². The van der Waals surface area contributed by atoms with Gasteiger partial charge >= 0.3 is 12.1 Å². The summed E-state index contributed by atoms with van der Waals surface area (Å²) in [4.78, 5) is 31.0. The van der Waals surface area contributed by atoms with E-state index in [-0.39, 0.29) is 12.5 Å². The Kier molecular flexibility index (Phi) is 3.72. The molecule has 1 amide bonds. The van der Waals surface area contributed by atoms with Crippen molar-refractivity contribution in [2.45, 2.75) is 66.7 Å². The van der Waals surface area contributed by atoms with Gasteiger partial charge in [-0.3, -0.25) is 9.80 Å². The number of esters is 1. The topological polar surface area (TPSA) is 118 Å². The largest absolute Gasteiger partial charge is 0.495 e. The number of fused-ring (bicyclic) bond motifs is 3. The SMILES string of the molecule is COC(=O)N1c2c(OC)cccc2[C@@]23CCN4[C@@H]5C[C@@H](O)[C@]6(CC[C@]12[C@](O)(C(=O)OC)C6O5)[C@H]43. The predicted molar refractivity (Wildman–Crippen MR) is 115 cm³/mol. The van der Waals surface area contributed by atoms with Crippen LogP contribution in [-0.4, -0.2) is 90.7 Å². The second kappa shape index (κ2) is 6.04. The van der Waals surface area contributed by atoms with Gasteiger partial charge < -0.3 is 29.2 Å². The number of para-hydroxylation sites is 1. The third kappa shape index (κ3) is 1.66. The van der Waals surface area contributed by atoms with Gasteiger partial charge in [-0.15, -0.1) is 0 Å². The first-order chi connectivity index (χ1) is 16.3. The molecule has 7 fully saturated rings. The lowest BCUT2D eigenvalue weighted by molar-refractivity contribution is -0.389. The Morgan fingerprint density at radius 1 is 1.15 bits per heavy atom. The number of nitrogens with zero attached hydrogens (tertiary/aromatic N) is 2. The lowest BCUT2D eigenvalue weighted by atomic mass is 9.35. The number of ether oxygens (including phenoxy) is 4. The molecule has 2 N–H and O–H groups in total. The first kappa shape index (κ1) is 20.9. The summed E-state index contributed by atoms with van der Waals surface area (Å²) < 4.78 is 22.6. The van der Waals surface area contributed by atoms with Gasteiger partial charge in [-0.2, -0.15) is 0 Å². The molecule has 5 aliphatic heterocycles. The zero-order chi connectivity index (χ0) is 23.8. The van der Waals surface area contributed by atoms with Gasteiger partial charge in [0.1, 0.15) is 23.6 Å². The third-order valence-corrected chi connectivity index (χ3v) is 10.1. The standard InChI is InChI=1S/C24H28N2O8/c1-31-13-6-4-5-12-16(13)26(20(29)33-3)23-8-7-21-14(27)11-15(25-10-9-22(12,23)17(21)25)34-18(21)24(23,30)19(28)32-2/h4-6,14-15,17-18,27,30H,7-11H2,1-3H3/t14-,15+,17+,18?,21-,22-,23+,24-/m1/s1. The van der Waals surface area contributed by atoms with E-state index in [2.05, 4.69) is 4.90 Å². The van der Waals surface area contributed by atoms with Crippen molar-refractivity contribution in [1.82, 2.24) is 4.90 Å². The molecule has 5 heterocycles. The summed E-state index contributed by atoms with van der Waals surface area (Å²) in [5.74, 6) is -0.415. The van der Waals surface area contributed by atoms with Crippen molar-refractivity contribution in [1.29, 1.82) is 0 Å². The van der Waals surface area contributed by atoms with Crippen LogP contribution in [0.1, 0.15) is 31.2 Å². The molecule has 10 heteroatoms. The highest BCUT2D eigenvalue weighted by molar-refractivity contribution is 6.01. The highest BCUT2D eigenvalue weighted by Crippen LogP contribution is 2.80. The van der Waals surface area contributed by atoms with Crippen LogP contribution in [0.3, 0.4) is 0 Å². The summed E-state index contributed by atoms with van der Waals surface area (Å²) in [6.07, 6.45) is -1.16. The molecule has 0 aromatic heterocycles. The normalized spacial score (nSPS) is 46.8. The van der Waals surface area contributed by atoms with E-state index < -0.39 is 52.5 Å². The van der Waals surface area contributed by atoms with Gasteiger partial charge in [0.15, 0.2) is 0 Å². The van der Waals surface area contributed by atoms with Gasteiger partial charge in [0.05, 0.1) is 33.1 Å². The minimum Gasteiger partial charge on any atom is -0.495 e. The molecule has 1 aromatic carbocycles. The summed E-state index contributed by atoms with van der Waals surface area (Å²) in [5, 5.41) is 24.2. The first-order valence-electron chi connectivity index (χ1n) is 11.8. The highest BCUT2D eigenvalue weighted by atomic mass is 16.6. The fraction of sp³-hybridized carbons (Fsp3) is 0.667. The summed E-state index contributed by atoms with van der Waals surface area (Å²) in [6, 6.07) is 5.35. The van der Waals surface area contributed by atoms with E-state index in [1.54, 1.807) is 6.07 Å². The Morgan fingerprint density at radius 3 is 2.65 bits per heavy atom. The van der Waals surface area contributed by atoms with Crippen molar-refractivity contribution >= 4 is 17.7 Å². The van der Waals surface area contributed by atoms with Crippen LogP contribution in [0.5, 0.6) is 5.75 Å². The van der Waals surface area contributed by atoms with Crippen LogP contribution in [0, 0.1) is 5.41 Å². The van der Waals surface area contributed by atoms with Crippen molar-refractivity contribution in [3.63, 3.8) is 0 Å². The number of methoxy groups -OCH3 is 3. The molecule has 5 bridgehead atoms. The number of carbonyl (C=O) groups is 2. The number of aliphatic hydroxyl groups excluding tert-OH is 1. The molecule has 4 saturated heterocycles. The molecule has 0 radical (unpaired) electrons. The van der Waals surface area contributed by atoms with Crippen molar-refractivity contribution in [2.24, 2.45) is 5.41 Å². The number of carbonyl (C=O) groups excluding carboxylic acids is 2. The number of anilines is 1. The smallest absolute Gasteiger partial charge is 0.414 e. The third-order valence-electron chi connectivity index (χ3n) is 10.1. The second-order valence-corrected chi connectivity index (χ2v) is 10.5. The van der Waals surface area contributed by atoms with E-state index in [0.717, 1.165) is 5.56 Å². The minimum atomic E-state index is -2.23. The fourth-order valence-electron chi connectivity index (χ4n) is 9.34. The average molecular weight is 472 g/mol. The molecule has 3 aliphatic carbocycles. The summed E-state index contributed by atoms with van der Waals surface area (Å²) >= 11 is 0. The highest BCUT2D eigenvalue weighted by Gasteiger charge is 2.93. The number of piperidine rings is 1.